The first-order chi connectivity index (χ1) is 16.0. The van der Waals surface area contributed by atoms with Gasteiger partial charge in [0.05, 0.1) is 32.9 Å². The van der Waals surface area contributed by atoms with Crippen LogP contribution in [0.15, 0.2) is 42.5 Å². The standard InChI is InChI=1S/C25H31N3O5/c1-2-31-24(29)23(18-4-6-20(7-5-18)32-21-10-13-30-14-11-21)33-22-8-3-17-9-12-28(25(26)27)16-19(17)15-22/h3-8,15,21,23H,2,9-14,16H2,1H3,(H3,26,27)/p+1. The molecule has 2 aliphatic heterocycles. The van der Waals surface area contributed by atoms with E-state index >= 15 is 0 Å². The number of rotatable bonds is 7. The summed E-state index contributed by atoms with van der Waals surface area (Å²) >= 11 is 0. The lowest BCUT2D eigenvalue weighted by Gasteiger charge is -2.24. The van der Waals surface area contributed by atoms with E-state index in [4.69, 9.17) is 30.4 Å². The van der Waals surface area contributed by atoms with Crippen molar-refractivity contribution in [2.45, 2.75) is 44.9 Å². The summed E-state index contributed by atoms with van der Waals surface area (Å²) in [6.45, 7) is 4.88. The minimum Gasteiger partial charge on any atom is -0.490 e. The highest BCUT2D eigenvalue weighted by atomic mass is 16.6. The summed E-state index contributed by atoms with van der Waals surface area (Å²) in [4.78, 5) is 12.7. The predicted octanol–water partition coefficient (Wildman–Crippen LogP) is 2.27. The molecule has 0 aromatic heterocycles. The van der Waals surface area contributed by atoms with Gasteiger partial charge in [0.1, 0.15) is 17.6 Å². The zero-order valence-electron chi connectivity index (χ0n) is 19.0. The highest BCUT2D eigenvalue weighted by molar-refractivity contribution is 5.77. The third-order valence-electron chi connectivity index (χ3n) is 5.96. The highest BCUT2D eigenvalue weighted by Gasteiger charge is 2.26. The number of hydrogen-bond acceptors (Lipinski definition) is 5. The first-order valence-corrected chi connectivity index (χ1v) is 11.5. The van der Waals surface area contributed by atoms with Crippen molar-refractivity contribution in [1.82, 2.24) is 0 Å². The number of nitrogens with two attached hydrogens (primary N) is 2. The summed E-state index contributed by atoms with van der Waals surface area (Å²) in [6, 6.07) is 13.3. The Morgan fingerprint density at radius 3 is 2.52 bits per heavy atom. The minimum atomic E-state index is -0.883. The Balaban J connectivity index is 1.51. The maximum Gasteiger partial charge on any atom is 0.352 e. The largest absolute Gasteiger partial charge is 0.490 e. The minimum absolute atomic E-state index is 0.150. The maximum atomic E-state index is 12.7. The van der Waals surface area contributed by atoms with Crippen LogP contribution in [0.4, 0.5) is 0 Å². The maximum absolute atomic E-state index is 12.7. The van der Waals surface area contributed by atoms with E-state index in [-0.39, 0.29) is 12.7 Å². The van der Waals surface area contributed by atoms with E-state index in [1.165, 1.54) is 5.56 Å². The van der Waals surface area contributed by atoms with Crippen molar-refractivity contribution >= 4 is 11.9 Å². The fourth-order valence-electron chi connectivity index (χ4n) is 4.14. The first kappa shape index (κ1) is 22.9. The SMILES string of the molecule is CCOC(=O)C(Oc1ccc2c(c1)C[N+](=C(N)N)CC2)c1ccc(OC2CCOCC2)cc1. The van der Waals surface area contributed by atoms with Gasteiger partial charge in [-0.15, -0.1) is 0 Å². The van der Waals surface area contributed by atoms with E-state index in [1.54, 1.807) is 6.92 Å². The van der Waals surface area contributed by atoms with Crippen LogP contribution >= 0.6 is 0 Å². The number of hydrogen-bond donors (Lipinski definition) is 2. The second-order valence-electron chi connectivity index (χ2n) is 8.28. The molecule has 4 N–H and O–H groups in total. The first-order valence-electron chi connectivity index (χ1n) is 11.5. The van der Waals surface area contributed by atoms with Gasteiger partial charge in [0.2, 0.25) is 6.10 Å². The van der Waals surface area contributed by atoms with Gasteiger partial charge >= 0.3 is 11.9 Å². The summed E-state index contributed by atoms with van der Waals surface area (Å²) in [5.41, 5.74) is 14.6. The zero-order chi connectivity index (χ0) is 23.2. The number of fused-ring (bicyclic) bond motifs is 1. The molecule has 2 heterocycles. The molecule has 0 saturated carbocycles. The molecule has 0 amide bonds. The van der Waals surface area contributed by atoms with Gasteiger partial charge in [-0.2, -0.15) is 0 Å². The van der Waals surface area contributed by atoms with Crippen LogP contribution in [0.3, 0.4) is 0 Å². The Labute approximate surface area is 194 Å². The van der Waals surface area contributed by atoms with Gasteiger partial charge < -0.3 is 18.9 Å². The van der Waals surface area contributed by atoms with Crippen LogP contribution in [-0.4, -0.2) is 49.0 Å². The highest BCUT2D eigenvalue weighted by Crippen LogP contribution is 2.29. The molecule has 0 spiro atoms. The lowest BCUT2D eigenvalue weighted by molar-refractivity contribution is -0.549. The average Bonchev–Trinajstić information content (AvgIpc) is 2.83. The molecule has 8 nitrogen and oxygen atoms in total. The Morgan fingerprint density at radius 2 is 1.82 bits per heavy atom. The molecule has 0 bridgehead atoms. The molecule has 2 aromatic carbocycles. The summed E-state index contributed by atoms with van der Waals surface area (Å²) in [7, 11) is 0. The number of nitrogens with zero attached hydrogens (tertiary/aromatic N) is 1. The molecular formula is C25H32N3O5+. The van der Waals surface area contributed by atoms with Crippen LogP contribution in [0.1, 0.15) is 42.6 Å². The Hall–Kier alpha value is -3.26. The van der Waals surface area contributed by atoms with Crippen LogP contribution in [0.5, 0.6) is 11.5 Å². The van der Waals surface area contributed by atoms with E-state index < -0.39 is 12.1 Å². The van der Waals surface area contributed by atoms with Gasteiger partial charge in [-0.05, 0) is 42.3 Å². The number of benzene rings is 2. The van der Waals surface area contributed by atoms with Crippen LogP contribution in [0, 0.1) is 0 Å². The zero-order valence-corrected chi connectivity index (χ0v) is 19.0. The van der Waals surface area contributed by atoms with Crippen LogP contribution < -0.4 is 20.9 Å². The topological polar surface area (TPSA) is 109 Å². The molecule has 2 aliphatic rings. The Bertz CT molecular complexity index is 996. The van der Waals surface area contributed by atoms with Gasteiger partial charge in [0.25, 0.3) is 0 Å². The number of carbonyl (C=O) groups excluding carboxylic acids is 1. The van der Waals surface area contributed by atoms with E-state index in [0.717, 1.165) is 50.3 Å². The fraction of sp³-hybridized carbons (Fsp3) is 0.440. The van der Waals surface area contributed by atoms with Crippen molar-refractivity contribution in [3.05, 3.63) is 59.2 Å². The summed E-state index contributed by atoms with van der Waals surface area (Å²) in [5, 5.41) is 0. The molecule has 176 valence electrons. The molecule has 4 rings (SSSR count). The van der Waals surface area contributed by atoms with Crippen LogP contribution in [0.2, 0.25) is 0 Å². The van der Waals surface area contributed by atoms with Crippen molar-refractivity contribution in [2.75, 3.05) is 26.4 Å². The van der Waals surface area contributed by atoms with Crippen molar-refractivity contribution < 1.29 is 28.3 Å². The second-order valence-corrected chi connectivity index (χ2v) is 8.28. The van der Waals surface area contributed by atoms with Crippen molar-refractivity contribution in [3.8, 4) is 11.5 Å². The third-order valence-corrected chi connectivity index (χ3v) is 5.96. The normalized spacial score (nSPS) is 17.1. The summed E-state index contributed by atoms with van der Waals surface area (Å²) < 4.78 is 24.8. The number of ether oxygens (including phenoxy) is 4. The van der Waals surface area contributed by atoms with Gasteiger partial charge in [0, 0.05) is 24.8 Å². The number of carbonyl (C=O) groups is 1. The quantitative estimate of drug-likeness (QED) is 0.375. The lowest BCUT2D eigenvalue weighted by atomic mass is 10.0. The van der Waals surface area contributed by atoms with Crippen molar-refractivity contribution in [2.24, 2.45) is 11.5 Å². The molecular weight excluding hydrogens is 422 g/mol. The fourth-order valence-corrected chi connectivity index (χ4v) is 4.14. The molecule has 2 aromatic rings. The molecule has 0 aliphatic carbocycles. The summed E-state index contributed by atoms with van der Waals surface area (Å²) in [5.74, 6) is 1.22. The molecule has 1 saturated heterocycles. The van der Waals surface area contributed by atoms with E-state index in [0.29, 0.717) is 23.8 Å². The molecule has 8 heteroatoms. The lowest BCUT2D eigenvalue weighted by Crippen LogP contribution is -2.38. The predicted molar refractivity (Wildman–Crippen MR) is 123 cm³/mol. The van der Waals surface area contributed by atoms with Crippen LogP contribution in [0.25, 0.3) is 0 Å². The number of esters is 1. The van der Waals surface area contributed by atoms with E-state index in [9.17, 15) is 4.79 Å². The van der Waals surface area contributed by atoms with E-state index in [1.807, 2.05) is 47.0 Å². The average molecular weight is 455 g/mol. The second kappa shape index (κ2) is 10.6. The molecule has 0 radical (unpaired) electrons. The monoisotopic (exact) mass is 454 g/mol. The van der Waals surface area contributed by atoms with Gasteiger partial charge in [-0.25, -0.2) is 4.79 Å². The Morgan fingerprint density at radius 1 is 1.09 bits per heavy atom. The third kappa shape index (κ3) is 5.76. The molecule has 1 fully saturated rings. The van der Waals surface area contributed by atoms with Gasteiger partial charge in [0.15, 0.2) is 0 Å². The molecule has 1 unspecified atom stereocenters. The molecule has 1 atom stereocenters. The summed E-state index contributed by atoms with van der Waals surface area (Å²) in [6.07, 6.45) is 1.87. The van der Waals surface area contributed by atoms with Crippen molar-refractivity contribution in [3.63, 3.8) is 0 Å². The Kier molecular flexibility index (Phi) is 7.34. The smallest absolute Gasteiger partial charge is 0.352 e. The molecule has 33 heavy (non-hydrogen) atoms. The number of guanidine groups is 1. The van der Waals surface area contributed by atoms with Crippen LogP contribution in [-0.2, 0) is 27.2 Å². The van der Waals surface area contributed by atoms with E-state index in [2.05, 4.69) is 0 Å². The van der Waals surface area contributed by atoms with Gasteiger partial charge in [-0.1, -0.05) is 18.2 Å². The van der Waals surface area contributed by atoms with Gasteiger partial charge in [-0.3, -0.25) is 16.0 Å². The van der Waals surface area contributed by atoms with Crippen molar-refractivity contribution in [1.29, 1.82) is 0 Å².